The van der Waals surface area contributed by atoms with Crippen molar-refractivity contribution in [2.45, 2.75) is 39.0 Å². The van der Waals surface area contributed by atoms with Crippen LogP contribution in [0.1, 0.15) is 37.7 Å². The molecule has 0 bridgehead atoms. The second kappa shape index (κ2) is 12.4. The fourth-order valence-electron chi connectivity index (χ4n) is 2.39. The van der Waals surface area contributed by atoms with E-state index in [1.165, 1.54) is 31.2 Å². The first-order chi connectivity index (χ1) is 10.3. The summed E-state index contributed by atoms with van der Waals surface area (Å²) < 4.78 is 10.3. The van der Waals surface area contributed by atoms with Crippen molar-refractivity contribution in [3.63, 3.8) is 0 Å². The maximum absolute atomic E-state index is 5.70. The van der Waals surface area contributed by atoms with Crippen molar-refractivity contribution in [1.29, 1.82) is 0 Å². The second-order valence-corrected chi connectivity index (χ2v) is 7.09. The van der Waals surface area contributed by atoms with Crippen LogP contribution in [0.3, 0.4) is 0 Å². The lowest BCUT2D eigenvalue weighted by atomic mass is 10.1. The number of allylic oxidation sites excluding steroid dienone is 1. The summed E-state index contributed by atoms with van der Waals surface area (Å²) in [5.74, 6) is 1.83. The molecule has 0 amide bonds. The van der Waals surface area contributed by atoms with Crippen molar-refractivity contribution in [1.82, 2.24) is 0 Å². The molecule has 0 aliphatic heterocycles. The molecule has 1 atom stereocenters. The van der Waals surface area contributed by atoms with E-state index >= 15 is 0 Å². The highest BCUT2D eigenvalue weighted by Crippen LogP contribution is 2.25. The van der Waals surface area contributed by atoms with Gasteiger partial charge in [-0.1, -0.05) is 37.1 Å². The van der Waals surface area contributed by atoms with E-state index < -0.39 is 0 Å². The molecule has 1 unspecified atom stereocenters. The van der Waals surface area contributed by atoms with E-state index in [2.05, 4.69) is 57.8 Å². The first-order valence-corrected chi connectivity index (χ1v) is 11.5. The topological polar surface area (TPSA) is 18.5 Å². The molecule has 1 aliphatic carbocycles. The molecular formula is C17H26IO2P. The number of hydrogen-bond donors (Lipinski definition) is 0. The molecule has 0 saturated heterocycles. The molecule has 2 nitrogen and oxygen atoms in total. The summed E-state index contributed by atoms with van der Waals surface area (Å²) in [6, 6.07) is 8.24. The van der Waals surface area contributed by atoms with Crippen LogP contribution >= 0.6 is 28.5 Å². The van der Waals surface area contributed by atoms with Crippen LogP contribution < -0.4 is 4.74 Å². The summed E-state index contributed by atoms with van der Waals surface area (Å²) in [7, 11) is 1.69. The zero-order valence-electron chi connectivity index (χ0n) is 13.0. The van der Waals surface area contributed by atoms with Gasteiger partial charge in [0.15, 0.2) is 0 Å². The van der Waals surface area contributed by atoms with E-state index in [1.807, 2.05) is 12.1 Å². The van der Waals surface area contributed by atoms with E-state index in [-0.39, 0.29) is 0 Å². The molecule has 4 heteroatoms. The van der Waals surface area contributed by atoms with Gasteiger partial charge in [-0.05, 0) is 71.8 Å². The second-order valence-electron chi connectivity index (χ2n) is 5.21. The Kier molecular flexibility index (Phi) is 11.2. The molecule has 1 fully saturated rings. The molecule has 0 N–H and O–H groups in total. The Balaban J connectivity index is 0.000000491. The minimum absolute atomic E-state index is 0.610. The number of hydrogen-bond acceptors (Lipinski definition) is 2. The summed E-state index contributed by atoms with van der Waals surface area (Å²) in [4.78, 5) is 0. The SMILES string of the molecule is COPI.Cc1cccc(OCC/C=C/C2CCCC2)c1. The predicted molar refractivity (Wildman–Crippen MR) is 102 cm³/mol. The molecule has 21 heavy (non-hydrogen) atoms. The van der Waals surface area contributed by atoms with E-state index in [0.717, 1.165) is 24.7 Å². The molecule has 0 radical (unpaired) electrons. The van der Waals surface area contributed by atoms with Gasteiger partial charge in [0.1, 0.15) is 5.75 Å². The third-order valence-electron chi connectivity index (χ3n) is 3.43. The van der Waals surface area contributed by atoms with Gasteiger partial charge in [-0.2, -0.15) is 0 Å². The van der Waals surface area contributed by atoms with Crippen molar-refractivity contribution in [2.75, 3.05) is 13.7 Å². The fraction of sp³-hybridized carbons (Fsp3) is 0.529. The quantitative estimate of drug-likeness (QED) is 0.240. The first kappa shape index (κ1) is 18.9. The van der Waals surface area contributed by atoms with Crippen molar-refractivity contribution in [3.8, 4) is 5.75 Å². The molecule has 1 aromatic carbocycles. The minimum atomic E-state index is 0.610. The van der Waals surface area contributed by atoms with E-state index in [9.17, 15) is 0 Å². The smallest absolute Gasteiger partial charge is 0.119 e. The van der Waals surface area contributed by atoms with Gasteiger partial charge >= 0.3 is 0 Å². The largest absolute Gasteiger partial charge is 0.493 e. The Morgan fingerprint density at radius 2 is 2.05 bits per heavy atom. The van der Waals surface area contributed by atoms with Crippen molar-refractivity contribution in [2.24, 2.45) is 5.92 Å². The summed E-state index contributed by atoms with van der Waals surface area (Å²) in [5.41, 5.74) is 1.25. The van der Waals surface area contributed by atoms with Gasteiger partial charge in [-0.25, -0.2) is 0 Å². The monoisotopic (exact) mass is 420 g/mol. The van der Waals surface area contributed by atoms with Crippen LogP contribution in [0.2, 0.25) is 0 Å². The average molecular weight is 420 g/mol. The molecular weight excluding hydrogens is 394 g/mol. The lowest BCUT2D eigenvalue weighted by Crippen LogP contribution is -1.96. The van der Waals surface area contributed by atoms with Crippen molar-refractivity contribution in [3.05, 3.63) is 42.0 Å². The van der Waals surface area contributed by atoms with Crippen LogP contribution in [0.15, 0.2) is 36.4 Å². The molecule has 1 saturated carbocycles. The van der Waals surface area contributed by atoms with Crippen LogP contribution in [-0.2, 0) is 4.52 Å². The summed E-state index contributed by atoms with van der Waals surface area (Å²) in [6.45, 7) is 3.48. The van der Waals surface area contributed by atoms with Crippen molar-refractivity contribution < 1.29 is 9.26 Å². The Labute approximate surface area is 144 Å². The predicted octanol–water partition coefficient (Wildman–Crippen LogP) is 6.09. The standard InChI is InChI=1S/C16H22O.CH4IOP/c1-14-7-6-11-16(13-14)17-12-5-4-10-15-8-2-3-9-15;1-3-4-2/h4,6-7,10-11,13,15H,2-3,5,8-9,12H2,1H3;4H,1H3/b10-4+;. The lowest BCUT2D eigenvalue weighted by molar-refractivity contribution is 0.324. The third kappa shape index (κ3) is 9.49. The fourth-order valence-corrected chi connectivity index (χ4v) is 2.39. The lowest BCUT2D eigenvalue weighted by Gasteiger charge is -2.05. The summed E-state index contributed by atoms with van der Waals surface area (Å²) in [5, 5.41) is 0. The summed E-state index contributed by atoms with van der Waals surface area (Å²) in [6.07, 6.45) is 11.3. The molecule has 118 valence electrons. The minimum Gasteiger partial charge on any atom is -0.493 e. The van der Waals surface area contributed by atoms with Gasteiger partial charge in [0, 0.05) is 7.11 Å². The third-order valence-corrected chi connectivity index (χ3v) is 4.90. The van der Waals surface area contributed by atoms with Gasteiger partial charge < -0.3 is 9.26 Å². The Hall–Kier alpha value is -0.120. The Bertz CT molecular complexity index is 402. The van der Waals surface area contributed by atoms with Crippen molar-refractivity contribution >= 4 is 28.5 Å². The number of halogens is 1. The zero-order valence-corrected chi connectivity index (χ0v) is 16.1. The van der Waals surface area contributed by atoms with Crippen LogP contribution in [-0.4, -0.2) is 13.7 Å². The van der Waals surface area contributed by atoms with Gasteiger partial charge in [-0.3, -0.25) is 0 Å². The average Bonchev–Trinajstić information content (AvgIpc) is 3.00. The Morgan fingerprint density at radius 3 is 2.67 bits per heavy atom. The van der Waals surface area contributed by atoms with Crippen LogP contribution in [0.5, 0.6) is 5.75 Å². The number of ether oxygens (including phenoxy) is 1. The van der Waals surface area contributed by atoms with Gasteiger partial charge in [0.05, 0.1) is 13.1 Å². The van der Waals surface area contributed by atoms with E-state index in [4.69, 9.17) is 4.74 Å². The molecule has 1 aliphatic rings. The highest BCUT2D eigenvalue weighted by molar-refractivity contribution is 14.2. The van der Waals surface area contributed by atoms with Gasteiger partial charge in [-0.15, -0.1) is 0 Å². The number of benzene rings is 1. The molecule has 0 heterocycles. The number of aryl methyl sites for hydroxylation is 1. The van der Waals surface area contributed by atoms with Gasteiger partial charge in [0.2, 0.25) is 0 Å². The van der Waals surface area contributed by atoms with Crippen LogP contribution in [0.25, 0.3) is 0 Å². The molecule has 0 spiro atoms. The maximum Gasteiger partial charge on any atom is 0.119 e. The van der Waals surface area contributed by atoms with Gasteiger partial charge in [0.25, 0.3) is 0 Å². The highest BCUT2D eigenvalue weighted by atomic mass is 127. The first-order valence-electron chi connectivity index (χ1n) is 7.51. The molecule has 0 aromatic heterocycles. The zero-order chi connectivity index (χ0) is 15.3. The number of rotatable bonds is 6. The highest BCUT2D eigenvalue weighted by Gasteiger charge is 2.10. The molecule has 1 aromatic rings. The molecule has 2 rings (SSSR count). The maximum atomic E-state index is 5.70. The van der Waals surface area contributed by atoms with Crippen LogP contribution in [0, 0.1) is 12.8 Å². The van der Waals surface area contributed by atoms with Crippen LogP contribution in [0.4, 0.5) is 0 Å². The normalized spacial score (nSPS) is 15.6. The van der Waals surface area contributed by atoms with E-state index in [0.29, 0.717) is 6.45 Å². The Morgan fingerprint density at radius 1 is 1.33 bits per heavy atom. The van der Waals surface area contributed by atoms with E-state index in [1.54, 1.807) is 7.11 Å². The summed E-state index contributed by atoms with van der Waals surface area (Å²) >= 11 is 2.16.